The number of hydrogen-bond acceptors (Lipinski definition) is 2. The van der Waals surface area contributed by atoms with E-state index in [-0.39, 0.29) is 5.91 Å². The molecule has 0 radical (unpaired) electrons. The summed E-state index contributed by atoms with van der Waals surface area (Å²) in [6.07, 6.45) is 0.971. The van der Waals surface area contributed by atoms with Gasteiger partial charge in [-0.1, -0.05) is 51.3 Å². The molecule has 1 aliphatic heterocycles. The topological polar surface area (TPSA) is 40.6 Å². The number of benzene rings is 2. The van der Waals surface area contributed by atoms with Crippen LogP contribution in [0.4, 0.5) is 10.5 Å². The summed E-state index contributed by atoms with van der Waals surface area (Å²) < 4.78 is 0.949. The fraction of sp³-hybridized carbons (Fsp3) is 0.300. The number of amides is 3. The Hall–Kier alpha value is -1.27. The van der Waals surface area contributed by atoms with Crippen molar-refractivity contribution >= 4 is 68.4 Å². The minimum atomic E-state index is -1.04. The average molecular weight is 505 g/mol. The van der Waals surface area contributed by atoms with Gasteiger partial charge in [0.15, 0.2) is 0 Å². The van der Waals surface area contributed by atoms with Crippen molar-refractivity contribution in [1.82, 2.24) is 4.90 Å². The number of nitrogens with zero attached hydrogens (tertiary/aromatic N) is 2. The van der Waals surface area contributed by atoms with Gasteiger partial charge in [-0.3, -0.25) is 4.79 Å². The molecular formula is C20H18BrCl3N2O2. The molecule has 1 aliphatic rings. The molecule has 28 heavy (non-hydrogen) atoms. The quantitative estimate of drug-likeness (QED) is 0.350. The van der Waals surface area contributed by atoms with Crippen molar-refractivity contribution in [2.24, 2.45) is 0 Å². The smallest absolute Gasteiger partial charge is 0.309 e. The van der Waals surface area contributed by atoms with E-state index in [1.165, 1.54) is 0 Å². The lowest BCUT2D eigenvalue weighted by atomic mass is 9.91. The van der Waals surface area contributed by atoms with Crippen molar-refractivity contribution in [3.8, 4) is 0 Å². The third-order valence-corrected chi connectivity index (χ3v) is 6.00. The summed E-state index contributed by atoms with van der Waals surface area (Å²) in [5, 5.41) is 0.717. The monoisotopic (exact) mass is 502 g/mol. The van der Waals surface area contributed by atoms with E-state index >= 15 is 0 Å². The molecule has 1 saturated heterocycles. The van der Waals surface area contributed by atoms with Gasteiger partial charge in [0.1, 0.15) is 5.54 Å². The zero-order chi connectivity index (χ0) is 20.5. The Bertz CT molecular complexity index is 887. The van der Waals surface area contributed by atoms with Crippen LogP contribution < -0.4 is 4.90 Å². The molecule has 0 spiro atoms. The van der Waals surface area contributed by atoms with Gasteiger partial charge in [-0.05, 0) is 49.2 Å². The van der Waals surface area contributed by atoms with Gasteiger partial charge in [0.25, 0.3) is 5.91 Å². The molecule has 3 amide bonds. The van der Waals surface area contributed by atoms with E-state index < -0.39 is 11.6 Å². The van der Waals surface area contributed by atoms with E-state index in [2.05, 4.69) is 15.9 Å². The molecule has 0 aliphatic carbocycles. The molecule has 1 fully saturated rings. The van der Waals surface area contributed by atoms with Gasteiger partial charge >= 0.3 is 6.03 Å². The second-order valence-corrected chi connectivity index (χ2v) is 8.99. The first kappa shape index (κ1) is 21.4. The van der Waals surface area contributed by atoms with Crippen LogP contribution in [0.3, 0.4) is 0 Å². The minimum absolute atomic E-state index is 0.312. The highest BCUT2D eigenvalue weighted by Crippen LogP contribution is 2.37. The molecule has 148 valence electrons. The summed E-state index contributed by atoms with van der Waals surface area (Å²) in [5.41, 5.74) is 0.280. The standard InChI is InChI=1S/C20H18BrCl3N2O2/c1-20(12-13-3-5-14(21)6-4-13)18(27)26(19(28)25(20)8-2-7-22)17-10-15(23)9-16(24)11-17/h3-6,9-11H,2,7-8,12H2,1H3/t20-/m1/s1. The first-order valence-electron chi connectivity index (χ1n) is 8.69. The molecule has 1 heterocycles. The fourth-order valence-electron chi connectivity index (χ4n) is 3.40. The number of imide groups is 1. The van der Waals surface area contributed by atoms with E-state index in [0.717, 1.165) is 14.9 Å². The largest absolute Gasteiger partial charge is 0.332 e. The number of anilines is 1. The molecule has 0 N–H and O–H groups in total. The molecule has 3 rings (SSSR count). The summed E-state index contributed by atoms with van der Waals surface area (Å²) in [5.74, 6) is 0.0864. The van der Waals surface area contributed by atoms with Crippen LogP contribution in [-0.2, 0) is 11.2 Å². The molecule has 0 aromatic heterocycles. The van der Waals surface area contributed by atoms with Gasteiger partial charge < -0.3 is 4.90 Å². The zero-order valence-electron chi connectivity index (χ0n) is 15.1. The maximum atomic E-state index is 13.4. The molecule has 8 heteroatoms. The first-order chi connectivity index (χ1) is 13.3. The van der Waals surface area contributed by atoms with Crippen LogP contribution in [0.25, 0.3) is 0 Å². The first-order valence-corrected chi connectivity index (χ1v) is 10.8. The lowest BCUT2D eigenvalue weighted by Crippen LogP contribution is -2.49. The van der Waals surface area contributed by atoms with Crippen LogP contribution in [0.1, 0.15) is 18.9 Å². The normalized spacial score (nSPS) is 19.6. The van der Waals surface area contributed by atoms with Crippen molar-refractivity contribution < 1.29 is 9.59 Å². The molecule has 0 saturated carbocycles. The van der Waals surface area contributed by atoms with E-state index in [0.29, 0.717) is 41.0 Å². The third kappa shape index (κ3) is 4.18. The van der Waals surface area contributed by atoms with Crippen molar-refractivity contribution in [2.45, 2.75) is 25.3 Å². The molecular weight excluding hydrogens is 486 g/mol. The average Bonchev–Trinajstić information content (AvgIpc) is 2.80. The van der Waals surface area contributed by atoms with E-state index in [9.17, 15) is 9.59 Å². The predicted molar refractivity (Wildman–Crippen MR) is 118 cm³/mol. The Balaban J connectivity index is 2.02. The summed E-state index contributed by atoms with van der Waals surface area (Å²) in [6, 6.07) is 12.0. The van der Waals surface area contributed by atoms with Crippen LogP contribution in [0.2, 0.25) is 10.0 Å². The molecule has 2 aromatic carbocycles. The fourth-order valence-corrected chi connectivity index (χ4v) is 4.30. The molecule has 0 bridgehead atoms. The maximum Gasteiger partial charge on any atom is 0.332 e. The van der Waals surface area contributed by atoms with Crippen LogP contribution in [-0.4, -0.2) is 34.8 Å². The maximum absolute atomic E-state index is 13.4. The minimum Gasteiger partial charge on any atom is -0.309 e. The van der Waals surface area contributed by atoms with Crippen LogP contribution in [0.5, 0.6) is 0 Å². The zero-order valence-corrected chi connectivity index (χ0v) is 18.9. The van der Waals surface area contributed by atoms with Gasteiger partial charge in [0.2, 0.25) is 0 Å². The highest BCUT2D eigenvalue weighted by atomic mass is 79.9. The van der Waals surface area contributed by atoms with E-state index in [4.69, 9.17) is 34.8 Å². The van der Waals surface area contributed by atoms with Crippen molar-refractivity contribution in [1.29, 1.82) is 0 Å². The highest BCUT2D eigenvalue weighted by Gasteiger charge is 2.54. The van der Waals surface area contributed by atoms with Crippen LogP contribution in [0, 0.1) is 0 Å². The summed E-state index contributed by atoms with van der Waals surface area (Å²) in [6.45, 7) is 2.17. The second kappa shape index (κ2) is 8.62. The molecule has 2 aromatic rings. The number of carbonyl (C=O) groups excluding carboxylic acids is 2. The molecule has 0 unspecified atom stereocenters. The van der Waals surface area contributed by atoms with Gasteiger partial charge in [-0.25, -0.2) is 9.69 Å². The van der Waals surface area contributed by atoms with Gasteiger partial charge in [0, 0.05) is 33.4 Å². The van der Waals surface area contributed by atoms with Crippen LogP contribution in [0.15, 0.2) is 46.9 Å². The SMILES string of the molecule is C[C@@]1(Cc2ccc(Br)cc2)C(=O)N(c2cc(Cl)cc(Cl)c2)C(=O)N1CCCCl. The number of hydrogen-bond donors (Lipinski definition) is 0. The van der Waals surface area contributed by atoms with Crippen molar-refractivity contribution in [3.63, 3.8) is 0 Å². The summed E-state index contributed by atoms with van der Waals surface area (Å²) in [4.78, 5) is 29.4. The molecule has 1 atom stereocenters. The lowest BCUT2D eigenvalue weighted by Gasteiger charge is -2.31. The van der Waals surface area contributed by atoms with Crippen molar-refractivity contribution in [2.75, 3.05) is 17.3 Å². The predicted octanol–water partition coefficient (Wildman–Crippen LogP) is 6.15. The Labute approximate surface area is 187 Å². The number of rotatable bonds is 6. The highest BCUT2D eigenvalue weighted by molar-refractivity contribution is 9.10. The Morgan fingerprint density at radius 2 is 1.64 bits per heavy atom. The second-order valence-electron chi connectivity index (χ2n) is 6.82. The van der Waals surface area contributed by atoms with Crippen LogP contribution >= 0.6 is 50.7 Å². The summed E-state index contributed by atoms with van der Waals surface area (Å²) >= 11 is 21.4. The number of halogens is 4. The van der Waals surface area contributed by atoms with Crippen molar-refractivity contribution in [3.05, 3.63) is 62.5 Å². The Kier molecular flexibility index (Phi) is 6.60. The van der Waals surface area contributed by atoms with E-state index in [1.54, 1.807) is 30.0 Å². The third-order valence-electron chi connectivity index (χ3n) is 4.76. The number of carbonyl (C=O) groups is 2. The number of urea groups is 1. The van der Waals surface area contributed by atoms with E-state index in [1.807, 2.05) is 24.3 Å². The molecule has 4 nitrogen and oxygen atoms in total. The van der Waals surface area contributed by atoms with Gasteiger partial charge in [0.05, 0.1) is 5.69 Å². The van der Waals surface area contributed by atoms with Gasteiger partial charge in [-0.15, -0.1) is 11.6 Å². The Morgan fingerprint density at radius 3 is 2.21 bits per heavy atom. The number of alkyl halides is 1. The summed E-state index contributed by atoms with van der Waals surface area (Å²) in [7, 11) is 0. The van der Waals surface area contributed by atoms with Gasteiger partial charge in [-0.2, -0.15) is 0 Å². The lowest BCUT2D eigenvalue weighted by molar-refractivity contribution is -0.124. The Morgan fingerprint density at radius 1 is 1.04 bits per heavy atom.